The molecule has 0 aliphatic carbocycles. The zero-order chi connectivity index (χ0) is 16.7. The minimum atomic E-state index is -0.150. The fraction of sp³-hybridized carbons (Fsp3) is 0.647. The van der Waals surface area contributed by atoms with Crippen LogP contribution in [0, 0.1) is 19.8 Å². The lowest BCUT2D eigenvalue weighted by molar-refractivity contribution is -0.131. The lowest BCUT2D eigenvalue weighted by Crippen LogP contribution is -2.42. The number of carbonyl (C=O) groups is 2. The fourth-order valence-electron chi connectivity index (χ4n) is 2.98. The third-order valence-corrected chi connectivity index (χ3v) is 4.59. The van der Waals surface area contributed by atoms with Crippen molar-refractivity contribution < 1.29 is 9.59 Å². The number of hydrogen-bond acceptors (Lipinski definition) is 2. The molecule has 1 N–H and O–H groups in total. The number of aryl methyl sites for hydroxylation is 1. The van der Waals surface area contributed by atoms with E-state index in [1.54, 1.807) is 0 Å². The van der Waals surface area contributed by atoms with Gasteiger partial charge in [-0.25, -0.2) is 0 Å². The summed E-state index contributed by atoms with van der Waals surface area (Å²) in [6, 6.07) is 1.91. The molecule has 1 fully saturated rings. The first-order valence-electron chi connectivity index (χ1n) is 7.83. The third kappa shape index (κ3) is 3.18. The van der Waals surface area contributed by atoms with Gasteiger partial charge in [-0.05, 0) is 40.7 Å². The SMILES string of the molecule is Cc1cc(C(=O)NC[C@H]2CC(=O)N(C(C)(C)C)C2)c(C)n1C. The number of amides is 2. The Bertz CT molecular complexity index is 596. The third-order valence-electron chi connectivity index (χ3n) is 4.59. The highest BCUT2D eigenvalue weighted by molar-refractivity contribution is 5.95. The molecule has 0 unspecified atom stereocenters. The topological polar surface area (TPSA) is 54.3 Å². The lowest BCUT2D eigenvalue weighted by atomic mass is 10.1. The van der Waals surface area contributed by atoms with Crippen LogP contribution in [0.5, 0.6) is 0 Å². The van der Waals surface area contributed by atoms with Gasteiger partial charge in [-0.1, -0.05) is 0 Å². The smallest absolute Gasteiger partial charge is 0.253 e. The van der Waals surface area contributed by atoms with E-state index in [-0.39, 0.29) is 23.3 Å². The van der Waals surface area contributed by atoms with E-state index in [9.17, 15) is 9.59 Å². The Morgan fingerprint density at radius 1 is 1.36 bits per heavy atom. The maximum atomic E-state index is 12.3. The van der Waals surface area contributed by atoms with E-state index in [2.05, 4.69) is 5.32 Å². The number of carbonyl (C=O) groups excluding carboxylic acids is 2. The zero-order valence-electron chi connectivity index (χ0n) is 14.5. The van der Waals surface area contributed by atoms with Gasteiger partial charge in [-0.3, -0.25) is 9.59 Å². The molecule has 2 amide bonds. The van der Waals surface area contributed by atoms with Gasteiger partial charge in [0.25, 0.3) is 5.91 Å². The number of aromatic nitrogens is 1. The van der Waals surface area contributed by atoms with Crippen LogP contribution in [-0.4, -0.2) is 39.9 Å². The van der Waals surface area contributed by atoms with Crippen LogP contribution < -0.4 is 5.32 Å². The Kier molecular flexibility index (Phi) is 4.36. The van der Waals surface area contributed by atoms with Crippen molar-refractivity contribution in [2.45, 2.75) is 46.6 Å². The van der Waals surface area contributed by atoms with Crippen LogP contribution in [-0.2, 0) is 11.8 Å². The molecular weight excluding hydrogens is 278 g/mol. The molecule has 1 saturated heterocycles. The molecule has 0 radical (unpaired) electrons. The normalized spacial score (nSPS) is 18.9. The van der Waals surface area contributed by atoms with Gasteiger partial charge in [0.1, 0.15) is 0 Å². The van der Waals surface area contributed by atoms with Crippen molar-refractivity contribution in [2.75, 3.05) is 13.1 Å². The summed E-state index contributed by atoms with van der Waals surface area (Å²) in [7, 11) is 1.96. The molecule has 0 saturated carbocycles. The summed E-state index contributed by atoms with van der Waals surface area (Å²) in [5.41, 5.74) is 2.60. The van der Waals surface area contributed by atoms with Gasteiger partial charge in [0.15, 0.2) is 0 Å². The second-order valence-corrected chi connectivity index (χ2v) is 7.30. The number of hydrogen-bond donors (Lipinski definition) is 1. The average Bonchev–Trinajstić information content (AvgIpc) is 2.91. The highest BCUT2D eigenvalue weighted by Crippen LogP contribution is 2.25. The molecule has 2 heterocycles. The molecule has 1 aliphatic heterocycles. The largest absolute Gasteiger partial charge is 0.352 e. The molecule has 1 aliphatic rings. The van der Waals surface area contributed by atoms with Crippen molar-refractivity contribution in [2.24, 2.45) is 13.0 Å². The molecule has 122 valence electrons. The van der Waals surface area contributed by atoms with Crippen molar-refractivity contribution in [3.63, 3.8) is 0 Å². The maximum absolute atomic E-state index is 12.3. The summed E-state index contributed by atoms with van der Waals surface area (Å²) in [4.78, 5) is 26.3. The van der Waals surface area contributed by atoms with Crippen LogP contribution in [0.25, 0.3) is 0 Å². The summed E-state index contributed by atoms with van der Waals surface area (Å²) in [6.45, 7) is 11.3. The molecule has 0 spiro atoms. The Balaban J connectivity index is 1.95. The van der Waals surface area contributed by atoms with Gasteiger partial charge in [-0.15, -0.1) is 0 Å². The van der Waals surface area contributed by atoms with E-state index in [0.29, 0.717) is 13.0 Å². The van der Waals surface area contributed by atoms with Gasteiger partial charge in [0.05, 0.1) is 5.56 Å². The van der Waals surface area contributed by atoms with Gasteiger partial charge in [0.2, 0.25) is 5.91 Å². The molecule has 1 aromatic rings. The second-order valence-electron chi connectivity index (χ2n) is 7.30. The average molecular weight is 305 g/mol. The molecule has 0 aromatic carbocycles. The van der Waals surface area contributed by atoms with E-state index in [1.807, 2.05) is 57.2 Å². The Morgan fingerprint density at radius 2 is 2.00 bits per heavy atom. The standard InChI is InChI=1S/C17H27N3O2/c1-11-7-14(12(2)19(11)6)16(22)18-9-13-8-15(21)20(10-13)17(3,4)5/h7,13H,8-10H2,1-6H3,(H,18,22)/t13-/m1/s1. The van der Waals surface area contributed by atoms with E-state index in [0.717, 1.165) is 23.5 Å². The van der Waals surface area contributed by atoms with E-state index in [4.69, 9.17) is 0 Å². The molecule has 5 heteroatoms. The van der Waals surface area contributed by atoms with Gasteiger partial charge < -0.3 is 14.8 Å². The van der Waals surface area contributed by atoms with Gasteiger partial charge in [0, 0.05) is 49.4 Å². The maximum Gasteiger partial charge on any atom is 0.253 e. The number of nitrogens with zero attached hydrogens (tertiary/aromatic N) is 2. The van der Waals surface area contributed by atoms with Crippen molar-refractivity contribution >= 4 is 11.8 Å². The van der Waals surface area contributed by atoms with Crippen molar-refractivity contribution in [3.8, 4) is 0 Å². The van der Waals surface area contributed by atoms with Crippen LogP contribution in [0.1, 0.15) is 48.9 Å². The van der Waals surface area contributed by atoms with Crippen LogP contribution in [0.3, 0.4) is 0 Å². The second kappa shape index (κ2) is 5.78. The van der Waals surface area contributed by atoms with Crippen molar-refractivity contribution in [1.29, 1.82) is 0 Å². The Labute approximate surface area is 132 Å². The summed E-state index contributed by atoms with van der Waals surface area (Å²) < 4.78 is 2.01. The molecule has 1 aromatic heterocycles. The Morgan fingerprint density at radius 3 is 2.45 bits per heavy atom. The number of rotatable bonds is 3. The van der Waals surface area contributed by atoms with E-state index in [1.165, 1.54) is 0 Å². The first-order chi connectivity index (χ1) is 10.1. The predicted octanol–water partition coefficient (Wildman–Crippen LogP) is 2.02. The van der Waals surface area contributed by atoms with E-state index >= 15 is 0 Å². The molecule has 22 heavy (non-hydrogen) atoms. The highest BCUT2D eigenvalue weighted by atomic mass is 16.2. The highest BCUT2D eigenvalue weighted by Gasteiger charge is 2.36. The van der Waals surface area contributed by atoms with Gasteiger partial charge in [-0.2, -0.15) is 0 Å². The molecule has 1 atom stereocenters. The van der Waals surface area contributed by atoms with Crippen molar-refractivity contribution in [3.05, 3.63) is 23.0 Å². The fourth-order valence-corrected chi connectivity index (χ4v) is 2.98. The summed E-state index contributed by atoms with van der Waals surface area (Å²) in [5.74, 6) is 0.321. The van der Waals surface area contributed by atoms with Crippen LogP contribution in [0.15, 0.2) is 6.07 Å². The van der Waals surface area contributed by atoms with Crippen LogP contribution in [0.4, 0.5) is 0 Å². The van der Waals surface area contributed by atoms with Gasteiger partial charge >= 0.3 is 0 Å². The first kappa shape index (κ1) is 16.6. The molecule has 2 rings (SSSR count). The quantitative estimate of drug-likeness (QED) is 0.929. The Hall–Kier alpha value is -1.78. The summed E-state index contributed by atoms with van der Waals surface area (Å²) in [5, 5.41) is 2.98. The van der Waals surface area contributed by atoms with Crippen LogP contribution in [0.2, 0.25) is 0 Å². The summed E-state index contributed by atoms with van der Waals surface area (Å²) >= 11 is 0. The number of likely N-dealkylation sites (tertiary alicyclic amines) is 1. The van der Waals surface area contributed by atoms with Crippen molar-refractivity contribution in [1.82, 2.24) is 14.8 Å². The lowest BCUT2D eigenvalue weighted by Gasteiger charge is -2.32. The summed E-state index contributed by atoms with van der Waals surface area (Å²) in [6.07, 6.45) is 0.518. The minimum Gasteiger partial charge on any atom is -0.352 e. The molecular formula is C17H27N3O2. The first-order valence-corrected chi connectivity index (χ1v) is 7.83. The van der Waals surface area contributed by atoms with Crippen LogP contribution >= 0.6 is 0 Å². The van der Waals surface area contributed by atoms with E-state index < -0.39 is 0 Å². The minimum absolute atomic E-state index is 0.0529. The monoisotopic (exact) mass is 305 g/mol. The molecule has 5 nitrogen and oxygen atoms in total. The number of nitrogens with one attached hydrogen (secondary N) is 1. The zero-order valence-corrected chi connectivity index (χ0v) is 14.5. The molecule has 0 bridgehead atoms. The predicted molar refractivity (Wildman–Crippen MR) is 86.8 cm³/mol.